The summed E-state index contributed by atoms with van der Waals surface area (Å²) in [5, 5.41) is 3.62. The lowest BCUT2D eigenvalue weighted by molar-refractivity contribution is 0.361. The van der Waals surface area contributed by atoms with Gasteiger partial charge in [-0.15, -0.1) is 0 Å². The third-order valence-electron chi connectivity index (χ3n) is 4.10. The van der Waals surface area contributed by atoms with Crippen LogP contribution in [0.15, 0.2) is 18.3 Å². The standard InChI is InChI=1S/C16H26N2/c1-4-14-5-6-16(18-11-14)9-12(2)13(3)10-17-15-7-8-15/h5-6,11-13,15,17H,4,7-10H2,1-3H3. The molecule has 2 rings (SSSR count). The largest absolute Gasteiger partial charge is 0.314 e. The van der Waals surface area contributed by atoms with E-state index < -0.39 is 0 Å². The van der Waals surface area contributed by atoms with Crippen LogP contribution >= 0.6 is 0 Å². The van der Waals surface area contributed by atoms with Crippen molar-refractivity contribution in [3.8, 4) is 0 Å². The van der Waals surface area contributed by atoms with Gasteiger partial charge in [0.15, 0.2) is 0 Å². The van der Waals surface area contributed by atoms with Crippen molar-refractivity contribution in [3.05, 3.63) is 29.6 Å². The topological polar surface area (TPSA) is 24.9 Å². The Kier molecular flexibility index (Phi) is 4.76. The molecule has 0 saturated heterocycles. The van der Waals surface area contributed by atoms with Gasteiger partial charge in [0.1, 0.15) is 0 Å². The summed E-state index contributed by atoms with van der Waals surface area (Å²) in [5.74, 6) is 1.41. The predicted molar refractivity (Wildman–Crippen MR) is 76.7 cm³/mol. The van der Waals surface area contributed by atoms with Crippen molar-refractivity contribution in [2.75, 3.05) is 6.54 Å². The van der Waals surface area contributed by atoms with Gasteiger partial charge in [-0.1, -0.05) is 26.8 Å². The summed E-state index contributed by atoms with van der Waals surface area (Å²) in [6, 6.07) is 5.22. The van der Waals surface area contributed by atoms with Crippen LogP contribution in [0.5, 0.6) is 0 Å². The zero-order valence-corrected chi connectivity index (χ0v) is 11.9. The molecule has 0 aromatic carbocycles. The van der Waals surface area contributed by atoms with Gasteiger partial charge >= 0.3 is 0 Å². The van der Waals surface area contributed by atoms with E-state index in [0.29, 0.717) is 5.92 Å². The predicted octanol–water partition coefficient (Wildman–Crippen LogP) is 3.21. The minimum absolute atomic E-state index is 0.691. The Balaban J connectivity index is 1.78. The molecule has 2 heteroatoms. The molecule has 1 saturated carbocycles. The first kappa shape index (κ1) is 13.5. The third kappa shape index (κ3) is 4.09. The van der Waals surface area contributed by atoms with Crippen LogP contribution in [0, 0.1) is 11.8 Å². The van der Waals surface area contributed by atoms with Gasteiger partial charge in [0.25, 0.3) is 0 Å². The van der Waals surface area contributed by atoms with Crippen LogP contribution in [-0.2, 0) is 12.8 Å². The van der Waals surface area contributed by atoms with Gasteiger partial charge in [0.2, 0.25) is 0 Å². The monoisotopic (exact) mass is 246 g/mol. The molecule has 2 nitrogen and oxygen atoms in total. The van der Waals surface area contributed by atoms with Gasteiger partial charge in [-0.25, -0.2) is 0 Å². The smallest absolute Gasteiger partial charge is 0.0406 e. The fourth-order valence-electron chi connectivity index (χ4n) is 2.16. The zero-order chi connectivity index (χ0) is 13.0. The van der Waals surface area contributed by atoms with E-state index in [4.69, 9.17) is 0 Å². The summed E-state index contributed by atoms with van der Waals surface area (Å²) >= 11 is 0. The lowest BCUT2D eigenvalue weighted by Crippen LogP contribution is -2.27. The van der Waals surface area contributed by atoms with E-state index in [1.807, 2.05) is 6.20 Å². The van der Waals surface area contributed by atoms with E-state index in [9.17, 15) is 0 Å². The molecule has 1 aromatic heterocycles. The van der Waals surface area contributed by atoms with Crippen LogP contribution in [0.3, 0.4) is 0 Å². The molecule has 1 aliphatic carbocycles. The molecule has 0 amide bonds. The summed E-state index contributed by atoms with van der Waals surface area (Å²) < 4.78 is 0. The number of rotatable bonds is 7. The molecule has 2 atom stereocenters. The van der Waals surface area contributed by atoms with E-state index in [1.54, 1.807) is 0 Å². The first-order valence-corrected chi connectivity index (χ1v) is 7.36. The molecule has 0 aliphatic heterocycles. The van der Waals surface area contributed by atoms with E-state index in [-0.39, 0.29) is 0 Å². The molecule has 1 fully saturated rings. The number of hydrogen-bond acceptors (Lipinski definition) is 2. The Hall–Kier alpha value is -0.890. The molecule has 2 unspecified atom stereocenters. The number of nitrogens with one attached hydrogen (secondary N) is 1. The van der Waals surface area contributed by atoms with Crippen molar-refractivity contribution in [1.82, 2.24) is 10.3 Å². The van der Waals surface area contributed by atoms with Gasteiger partial charge in [0.05, 0.1) is 0 Å². The van der Waals surface area contributed by atoms with Crippen molar-refractivity contribution in [2.24, 2.45) is 11.8 Å². The molecule has 1 N–H and O–H groups in total. The number of pyridine rings is 1. The number of aryl methyl sites for hydroxylation is 1. The minimum atomic E-state index is 0.691. The molecule has 1 aromatic rings. The highest BCUT2D eigenvalue weighted by Crippen LogP contribution is 2.21. The van der Waals surface area contributed by atoms with E-state index in [2.05, 4.69) is 43.2 Å². The molecule has 0 bridgehead atoms. The van der Waals surface area contributed by atoms with Crippen LogP contribution in [0.1, 0.15) is 44.9 Å². The summed E-state index contributed by atoms with van der Waals surface area (Å²) in [6.45, 7) is 8.01. The van der Waals surface area contributed by atoms with Crippen molar-refractivity contribution in [2.45, 2.75) is 52.5 Å². The highest BCUT2D eigenvalue weighted by atomic mass is 14.9. The molecular weight excluding hydrogens is 220 g/mol. The normalized spacial score (nSPS) is 18.6. The van der Waals surface area contributed by atoms with Gasteiger partial charge in [0, 0.05) is 17.9 Å². The summed E-state index contributed by atoms with van der Waals surface area (Å²) in [5.41, 5.74) is 2.56. The second kappa shape index (κ2) is 6.33. The van der Waals surface area contributed by atoms with Gasteiger partial charge < -0.3 is 5.32 Å². The lowest BCUT2D eigenvalue weighted by atomic mass is 9.91. The Morgan fingerprint density at radius 3 is 2.61 bits per heavy atom. The Morgan fingerprint density at radius 1 is 1.28 bits per heavy atom. The van der Waals surface area contributed by atoms with Crippen molar-refractivity contribution in [3.63, 3.8) is 0 Å². The SMILES string of the molecule is CCc1ccc(CC(C)C(C)CNC2CC2)nc1. The third-order valence-corrected chi connectivity index (χ3v) is 4.10. The van der Waals surface area contributed by atoms with Crippen LogP contribution < -0.4 is 5.32 Å². The quantitative estimate of drug-likeness (QED) is 0.799. The van der Waals surface area contributed by atoms with E-state index >= 15 is 0 Å². The van der Waals surface area contributed by atoms with Crippen LogP contribution in [0.2, 0.25) is 0 Å². The van der Waals surface area contributed by atoms with E-state index in [1.165, 1.54) is 24.1 Å². The van der Waals surface area contributed by atoms with Crippen molar-refractivity contribution < 1.29 is 0 Å². The first-order chi connectivity index (χ1) is 8.69. The number of hydrogen-bond donors (Lipinski definition) is 1. The zero-order valence-electron chi connectivity index (χ0n) is 11.9. The average Bonchev–Trinajstić information content (AvgIpc) is 3.21. The molecule has 0 radical (unpaired) electrons. The van der Waals surface area contributed by atoms with Crippen LogP contribution in [0.4, 0.5) is 0 Å². The van der Waals surface area contributed by atoms with Gasteiger partial charge in [-0.05, 0) is 55.7 Å². The molecule has 18 heavy (non-hydrogen) atoms. The maximum absolute atomic E-state index is 4.56. The maximum atomic E-state index is 4.56. The number of aromatic nitrogens is 1. The summed E-state index contributed by atoms with van der Waals surface area (Å²) in [7, 11) is 0. The van der Waals surface area contributed by atoms with Gasteiger partial charge in [-0.2, -0.15) is 0 Å². The molecule has 1 aliphatic rings. The maximum Gasteiger partial charge on any atom is 0.0406 e. The van der Waals surface area contributed by atoms with Gasteiger partial charge in [-0.3, -0.25) is 4.98 Å². The second-order valence-corrected chi connectivity index (χ2v) is 5.85. The van der Waals surface area contributed by atoms with Crippen molar-refractivity contribution in [1.29, 1.82) is 0 Å². The summed E-state index contributed by atoms with van der Waals surface area (Å²) in [4.78, 5) is 4.56. The fourth-order valence-corrected chi connectivity index (χ4v) is 2.16. The minimum Gasteiger partial charge on any atom is -0.314 e. The highest BCUT2D eigenvalue weighted by molar-refractivity contribution is 5.14. The summed E-state index contributed by atoms with van der Waals surface area (Å²) in [6.07, 6.45) is 6.94. The first-order valence-electron chi connectivity index (χ1n) is 7.36. The fraction of sp³-hybridized carbons (Fsp3) is 0.688. The lowest BCUT2D eigenvalue weighted by Gasteiger charge is -2.20. The van der Waals surface area contributed by atoms with Crippen molar-refractivity contribution >= 4 is 0 Å². The average molecular weight is 246 g/mol. The molecular formula is C16H26N2. The highest BCUT2D eigenvalue weighted by Gasteiger charge is 2.22. The Morgan fingerprint density at radius 2 is 2.06 bits per heavy atom. The van der Waals surface area contributed by atoms with E-state index in [0.717, 1.165) is 31.3 Å². The Labute approximate surface area is 111 Å². The van der Waals surface area contributed by atoms with Crippen LogP contribution in [-0.4, -0.2) is 17.6 Å². The van der Waals surface area contributed by atoms with Crippen LogP contribution in [0.25, 0.3) is 0 Å². The molecule has 1 heterocycles. The molecule has 0 spiro atoms. The number of nitrogens with zero attached hydrogens (tertiary/aromatic N) is 1. The second-order valence-electron chi connectivity index (χ2n) is 5.85. The molecule has 100 valence electrons. The Bertz CT molecular complexity index is 354.